The van der Waals surface area contributed by atoms with Crippen LogP contribution in [0.2, 0.25) is 0 Å². The molecule has 2 aliphatic rings. The van der Waals surface area contributed by atoms with Crippen molar-refractivity contribution in [1.29, 1.82) is 0 Å². The van der Waals surface area contributed by atoms with Crippen LogP contribution >= 0.6 is 0 Å². The summed E-state index contributed by atoms with van der Waals surface area (Å²) in [6.45, 7) is 5.97. The van der Waals surface area contributed by atoms with Crippen LogP contribution in [0.3, 0.4) is 0 Å². The van der Waals surface area contributed by atoms with E-state index >= 15 is 0 Å². The molecule has 2 saturated heterocycles. The highest BCUT2D eigenvalue weighted by atomic mass is 16.5. The Morgan fingerprint density at radius 1 is 1.32 bits per heavy atom. The molecule has 25 heavy (non-hydrogen) atoms. The highest BCUT2D eigenvalue weighted by Crippen LogP contribution is 2.28. The number of hydrogen-bond acceptors (Lipinski definition) is 5. The molecule has 2 N–H and O–H groups in total. The van der Waals surface area contributed by atoms with E-state index in [-0.39, 0.29) is 18.1 Å². The standard InChI is InChI=1S/C19H29N3O3/c1-14-13-22(11-8-20-14)18(15-4-3-5-17(12-15)25-2)19(24)21-9-6-16(23)7-10-21/h3-5,12,14,16,18,20,23H,6-11,13H2,1-2H3. The van der Waals surface area contributed by atoms with Gasteiger partial charge in [0.2, 0.25) is 5.91 Å². The molecule has 3 rings (SSSR count). The van der Waals surface area contributed by atoms with Gasteiger partial charge in [-0.2, -0.15) is 0 Å². The molecule has 138 valence electrons. The lowest BCUT2D eigenvalue weighted by Gasteiger charge is -2.40. The number of aliphatic hydroxyl groups is 1. The molecule has 2 unspecified atom stereocenters. The Hall–Kier alpha value is -1.63. The van der Waals surface area contributed by atoms with Crippen LogP contribution in [0.15, 0.2) is 24.3 Å². The van der Waals surface area contributed by atoms with Crippen LogP contribution in [0.5, 0.6) is 5.75 Å². The third-order valence-corrected chi connectivity index (χ3v) is 5.18. The number of ether oxygens (including phenoxy) is 1. The monoisotopic (exact) mass is 347 g/mol. The molecule has 2 heterocycles. The first-order valence-electron chi connectivity index (χ1n) is 9.16. The molecule has 2 atom stereocenters. The van der Waals surface area contributed by atoms with E-state index < -0.39 is 0 Å². The Morgan fingerprint density at radius 2 is 2.08 bits per heavy atom. The minimum Gasteiger partial charge on any atom is -0.497 e. The zero-order valence-corrected chi connectivity index (χ0v) is 15.1. The third-order valence-electron chi connectivity index (χ3n) is 5.18. The summed E-state index contributed by atoms with van der Waals surface area (Å²) in [7, 11) is 1.65. The van der Waals surface area contributed by atoms with Crippen molar-refractivity contribution in [2.45, 2.75) is 38.0 Å². The molecule has 0 aromatic heterocycles. The molecule has 6 heteroatoms. The molecular formula is C19H29N3O3. The summed E-state index contributed by atoms with van der Waals surface area (Å²) in [5, 5.41) is 13.2. The number of hydrogen-bond donors (Lipinski definition) is 2. The number of nitrogens with one attached hydrogen (secondary N) is 1. The first kappa shape index (κ1) is 18.2. The van der Waals surface area contributed by atoms with E-state index in [2.05, 4.69) is 17.1 Å². The Labute approximate surface area is 149 Å². The van der Waals surface area contributed by atoms with Gasteiger partial charge >= 0.3 is 0 Å². The number of carbonyl (C=O) groups is 1. The van der Waals surface area contributed by atoms with Gasteiger partial charge in [0.1, 0.15) is 11.8 Å². The fourth-order valence-corrected chi connectivity index (χ4v) is 3.78. The van der Waals surface area contributed by atoms with Crippen LogP contribution in [0, 0.1) is 0 Å². The number of aliphatic hydroxyl groups excluding tert-OH is 1. The average Bonchev–Trinajstić information content (AvgIpc) is 2.63. The van der Waals surface area contributed by atoms with E-state index in [9.17, 15) is 9.90 Å². The predicted molar refractivity (Wildman–Crippen MR) is 96.6 cm³/mol. The molecule has 0 saturated carbocycles. The second kappa shape index (κ2) is 8.17. The van der Waals surface area contributed by atoms with Crippen molar-refractivity contribution in [3.05, 3.63) is 29.8 Å². The van der Waals surface area contributed by atoms with Crippen LogP contribution in [-0.4, -0.2) is 72.8 Å². The van der Waals surface area contributed by atoms with Crippen LogP contribution in [0.25, 0.3) is 0 Å². The smallest absolute Gasteiger partial charge is 0.244 e. The minimum atomic E-state index is -0.296. The van der Waals surface area contributed by atoms with E-state index in [1.807, 2.05) is 29.2 Å². The molecule has 0 bridgehead atoms. The van der Waals surface area contributed by atoms with Gasteiger partial charge in [0.05, 0.1) is 13.2 Å². The molecule has 2 aliphatic heterocycles. The fraction of sp³-hybridized carbons (Fsp3) is 0.632. The number of rotatable bonds is 4. The Balaban J connectivity index is 1.86. The van der Waals surface area contributed by atoms with Crippen molar-refractivity contribution >= 4 is 5.91 Å². The second-order valence-corrected chi connectivity index (χ2v) is 7.09. The summed E-state index contributed by atoms with van der Waals surface area (Å²) < 4.78 is 5.36. The molecular weight excluding hydrogens is 318 g/mol. The van der Waals surface area contributed by atoms with Crippen molar-refractivity contribution in [2.75, 3.05) is 39.8 Å². The molecule has 6 nitrogen and oxygen atoms in total. The maximum Gasteiger partial charge on any atom is 0.244 e. The van der Waals surface area contributed by atoms with Crippen molar-refractivity contribution in [3.63, 3.8) is 0 Å². The number of piperazine rings is 1. The largest absolute Gasteiger partial charge is 0.497 e. The molecule has 1 aromatic rings. The Morgan fingerprint density at radius 3 is 2.76 bits per heavy atom. The normalized spacial score (nSPS) is 24.1. The first-order valence-corrected chi connectivity index (χ1v) is 9.16. The van der Waals surface area contributed by atoms with Crippen LogP contribution in [0.4, 0.5) is 0 Å². The maximum atomic E-state index is 13.4. The number of likely N-dealkylation sites (tertiary alicyclic amines) is 1. The van der Waals surface area contributed by atoms with E-state index in [1.54, 1.807) is 7.11 Å². The second-order valence-electron chi connectivity index (χ2n) is 7.09. The lowest BCUT2D eigenvalue weighted by molar-refractivity contribution is -0.139. The van der Waals surface area contributed by atoms with E-state index in [4.69, 9.17) is 4.74 Å². The van der Waals surface area contributed by atoms with Gasteiger partial charge in [-0.15, -0.1) is 0 Å². The van der Waals surface area contributed by atoms with Gasteiger partial charge in [-0.1, -0.05) is 12.1 Å². The van der Waals surface area contributed by atoms with E-state index in [0.29, 0.717) is 32.0 Å². The summed E-state index contributed by atoms with van der Waals surface area (Å²) in [6, 6.07) is 7.89. The summed E-state index contributed by atoms with van der Waals surface area (Å²) >= 11 is 0. The highest BCUT2D eigenvalue weighted by Gasteiger charge is 2.34. The third kappa shape index (κ3) is 4.32. The van der Waals surface area contributed by atoms with Gasteiger partial charge in [-0.25, -0.2) is 0 Å². The molecule has 0 spiro atoms. The summed E-state index contributed by atoms with van der Waals surface area (Å²) in [5.74, 6) is 0.904. The number of methoxy groups -OCH3 is 1. The molecule has 0 aliphatic carbocycles. The summed E-state index contributed by atoms with van der Waals surface area (Å²) in [5.41, 5.74) is 0.976. The van der Waals surface area contributed by atoms with E-state index in [0.717, 1.165) is 30.9 Å². The molecule has 1 aromatic carbocycles. The molecule has 2 fully saturated rings. The lowest BCUT2D eigenvalue weighted by Crippen LogP contribution is -2.54. The first-order chi connectivity index (χ1) is 12.1. The SMILES string of the molecule is COc1cccc(C(C(=O)N2CCC(O)CC2)N2CCNC(C)C2)c1. The van der Waals surface area contributed by atoms with E-state index in [1.165, 1.54) is 0 Å². The summed E-state index contributed by atoms with van der Waals surface area (Å²) in [6.07, 6.45) is 1.04. The van der Waals surface area contributed by atoms with Gasteiger partial charge in [0.15, 0.2) is 0 Å². The maximum absolute atomic E-state index is 13.4. The number of piperidine rings is 1. The minimum absolute atomic E-state index is 0.134. The van der Waals surface area contributed by atoms with Gasteiger partial charge < -0.3 is 20.1 Å². The van der Waals surface area contributed by atoms with Crippen molar-refractivity contribution in [1.82, 2.24) is 15.1 Å². The van der Waals surface area contributed by atoms with Crippen LogP contribution < -0.4 is 10.1 Å². The van der Waals surface area contributed by atoms with Crippen molar-refractivity contribution in [3.8, 4) is 5.75 Å². The molecule has 1 amide bonds. The Kier molecular flexibility index (Phi) is 5.93. The van der Waals surface area contributed by atoms with Crippen LogP contribution in [-0.2, 0) is 4.79 Å². The Bertz CT molecular complexity index is 587. The van der Waals surface area contributed by atoms with Gasteiger partial charge in [0.25, 0.3) is 0 Å². The van der Waals surface area contributed by atoms with Crippen LogP contribution in [0.1, 0.15) is 31.4 Å². The quantitative estimate of drug-likeness (QED) is 0.851. The van der Waals surface area contributed by atoms with Gasteiger partial charge in [-0.05, 0) is 37.5 Å². The predicted octanol–water partition coefficient (Wildman–Crippen LogP) is 1.01. The zero-order valence-electron chi connectivity index (χ0n) is 15.1. The average molecular weight is 347 g/mol. The van der Waals surface area contributed by atoms with Gasteiger partial charge in [-0.3, -0.25) is 9.69 Å². The number of carbonyl (C=O) groups excluding carboxylic acids is 1. The zero-order chi connectivity index (χ0) is 17.8. The molecule has 0 radical (unpaired) electrons. The lowest BCUT2D eigenvalue weighted by atomic mass is 9.99. The van der Waals surface area contributed by atoms with Gasteiger partial charge in [0, 0.05) is 38.8 Å². The van der Waals surface area contributed by atoms with Crippen molar-refractivity contribution in [2.24, 2.45) is 0 Å². The highest BCUT2D eigenvalue weighted by molar-refractivity contribution is 5.83. The van der Waals surface area contributed by atoms with Crippen molar-refractivity contribution < 1.29 is 14.6 Å². The number of amides is 1. The number of nitrogens with zero attached hydrogens (tertiary/aromatic N) is 2. The fourth-order valence-electron chi connectivity index (χ4n) is 3.78. The summed E-state index contributed by atoms with van der Waals surface area (Å²) in [4.78, 5) is 17.5. The number of benzene rings is 1. The topological polar surface area (TPSA) is 65.0 Å².